The number of ether oxygens (including phenoxy) is 1. The predicted molar refractivity (Wildman–Crippen MR) is 110 cm³/mol. The maximum Gasteiger partial charge on any atom is 0.173 e. The van der Waals surface area contributed by atoms with Gasteiger partial charge in [0.25, 0.3) is 0 Å². The number of methoxy groups -OCH3 is 1. The first-order valence-corrected chi connectivity index (χ1v) is 24.4. The zero-order valence-electron chi connectivity index (χ0n) is 15.7. The molecule has 0 aromatic carbocycles. The van der Waals surface area contributed by atoms with Gasteiger partial charge in [-0.15, -0.1) is 11.3 Å². The van der Waals surface area contributed by atoms with Gasteiger partial charge in [-0.2, -0.15) is 0 Å². The second-order valence-electron chi connectivity index (χ2n) is 9.26. The summed E-state index contributed by atoms with van der Waals surface area (Å²) in [7, 11) is -1.70. The highest BCUT2D eigenvalue weighted by atomic mass is 32.1. The Kier molecular flexibility index (Phi) is 5.65. The van der Waals surface area contributed by atoms with Crippen molar-refractivity contribution in [3.05, 3.63) is 17.0 Å². The van der Waals surface area contributed by atoms with Crippen LogP contribution in [0.5, 0.6) is 5.06 Å². The van der Waals surface area contributed by atoms with Crippen molar-refractivity contribution in [2.45, 2.75) is 65.0 Å². The molecular formula is C15H34OSSi4. The Morgan fingerprint density at radius 2 is 1.24 bits per heavy atom. The van der Waals surface area contributed by atoms with E-state index in [-0.39, 0.29) is 0 Å². The number of hydrogen-bond donors (Lipinski definition) is 0. The third kappa shape index (κ3) is 3.65. The smallest absolute Gasteiger partial charge is 0.173 e. The number of rotatable bonds is 6. The first kappa shape index (κ1) is 19.4. The van der Waals surface area contributed by atoms with Crippen LogP contribution in [0.3, 0.4) is 0 Å². The van der Waals surface area contributed by atoms with Crippen LogP contribution >= 0.6 is 11.3 Å². The third-order valence-electron chi connectivity index (χ3n) is 5.12. The third-order valence-corrected chi connectivity index (χ3v) is 80.2. The molecule has 1 nitrogen and oxygen atoms in total. The molecule has 1 aromatic heterocycles. The van der Waals surface area contributed by atoms with E-state index in [2.05, 4.69) is 71.1 Å². The minimum atomic E-state index is -1.27. The van der Waals surface area contributed by atoms with Gasteiger partial charge < -0.3 is 4.74 Å². The molecule has 0 radical (unpaired) electrons. The molecule has 0 saturated heterocycles. The molecule has 1 rings (SSSR count). The topological polar surface area (TPSA) is 9.23 Å². The van der Waals surface area contributed by atoms with Crippen LogP contribution in [0.2, 0.25) is 58.9 Å². The molecule has 0 spiro atoms. The SMILES string of the molecule is COc1ccc(C[Si]([Si](C)(C)C)([Si](C)(C)C)[Si](C)(C)C)s1. The van der Waals surface area contributed by atoms with Gasteiger partial charge >= 0.3 is 0 Å². The van der Waals surface area contributed by atoms with Crippen LogP contribution in [0.1, 0.15) is 4.88 Å². The van der Waals surface area contributed by atoms with Crippen LogP contribution in [-0.2, 0) is 6.04 Å². The minimum Gasteiger partial charge on any atom is -0.487 e. The van der Waals surface area contributed by atoms with Gasteiger partial charge in [-0.25, -0.2) is 0 Å². The molecule has 1 aromatic rings. The Bertz CT molecular complexity index is 441. The summed E-state index contributed by atoms with van der Waals surface area (Å²) in [6, 6.07) is 5.92. The van der Waals surface area contributed by atoms with Gasteiger partial charge in [-0.3, -0.25) is 0 Å². The Labute approximate surface area is 139 Å². The van der Waals surface area contributed by atoms with E-state index in [0.29, 0.717) is 0 Å². The van der Waals surface area contributed by atoms with Crippen molar-refractivity contribution in [1.29, 1.82) is 0 Å². The average Bonchev–Trinajstić information content (AvgIpc) is 2.67. The molecule has 0 amide bonds. The molecule has 0 fully saturated rings. The fraction of sp³-hybridized carbons (Fsp3) is 0.733. The second kappa shape index (κ2) is 6.11. The van der Waals surface area contributed by atoms with Crippen molar-refractivity contribution in [3.63, 3.8) is 0 Å². The van der Waals surface area contributed by atoms with Crippen molar-refractivity contribution < 1.29 is 4.74 Å². The monoisotopic (exact) mass is 374 g/mol. The summed E-state index contributed by atoms with van der Waals surface area (Å²) in [5, 5.41) is 1.08. The summed E-state index contributed by atoms with van der Waals surface area (Å²) < 4.78 is 5.43. The summed E-state index contributed by atoms with van der Waals surface area (Å²) in [5.41, 5.74) is 0. The molecule has 0 aliphatic heterocycles. The largest absolute Gasteiger partial charge is 0.487 e. The average molecular weight is 375 g/mol. The summed E-state index contributed by atoms with van der Waals surface area (Å²) in [4.78, 5) is 1.59. The summed E-state index contributed by atoms with van der Waals surface area (Å²) in [5.74, 6) is 0. The lowest BCUT2D eigenvalue weighted by Gasteiger charge is -2.57. The van der Waals surface area contributed by atoms with Gasteiger partial charge in [0.15, 0.2) is 5.06 Å². The highest BCUT2D eigenvalue weighted by molar-refractivity contribution is 7.89. The van der Waals surface area contributed by atoms with Gasteiger partial charge in [-0.1, -0.05) is 58.9 Å². The van der Waals surface area contributed by atoms with Crippen molar-refractivity contribution >= 4 is 40.7 Å². The van der Waals surface area contributed by atoms with Crippen molar-refractivity contribution in [2.24, 2.45) is 0 Å². The van der Waals surface area contributed by atoms with E-state index in [1.165, 1.54) is 6.04 Å². The van der Waals surface area contributed by atoms with E-state index in [1.54, 1.807) is 12.0 Å². The summed E-state index contributed by atoms with van der Waals surface area (Å²) >= 11 is 1.89. The van der Waals surface area contributed by atoms with E-state index in [4.69, 9.17) is 4.74 Å². The van der Waals surface area contributed by atoms with Crippen LogP contribution in [-0.4, -0.2) is 36.5 Å². The molecule has 122 valence electrons. The highest BCUT2D eigenvalue weighted by Gasteiger charge is 2.61. The van der Waals surface area contributed by atoms with Crippen LogP contribution in [0.15, 0.2) is 12.1 Å². The van der Waals surface area contributed by atoms with E-state index in [9.17, 15) is 0 Å². The fourth-order valence-electron chi connectivity index (χ4n) is 4.99. The fourth-order valence-corrected chi connectivity index (χ4v) is 104. The highest BCUT2D eigenvalue weighted by Crippen LogP contribution is 2.41. The van der Waals surface area contributed by atoms with Gasteiger partial charge in [-0.05, 0) is 18.2 Å². The molecule has 0 aliphatic rings. The van der Waals surface area contributed by atoms with E-state index in [1.807, 2.05) is 11.3 Å². The molecule has 1 heterocycles. The van der Waals surface area contributed by atoms with Gasteiger partial charge in [0, 0.05) is 34.3 Å². The van der Waals surface area contributed by atoms with E-state index in [0.717, 1.165) is 5.06 Å². The van der Waals surface area contributed by atoms with Crippen molar-refractivity contribution in [3.8, 4) is 5.06 Å². The summed E-state index contributed by atoms with van der Waals surface area (Å²) in [6.07, 6.45) is 0. The minimum absolute atomic E-state index is 1.08. The zero-order valence-corrected chi connectivity index (χ0v) is 20.5. The molecule has 0 bridgehead atoms. The van der Waals surface area contributed by atoms with Gasteiger partial charge in [0.2, 0.25) is 0 Å². The molecule has 0 N–H and O–H groups in total. The van der Waals surface area contributed by atoms with E-state index < -0.39 is 29.4 Å². The van der Waals surface area contributed by atoms with E-state index >= 15 is 0 Å². The quantitative estimate of drug-likeness (QED) is 0.594. The molecule has 0 aliphatic carbocycles. The lowest BCUT2D eigenvalue weighted by Crippen LogP contribution is -2.83. The standard InChI is InChI=1S/C15H34OSSi4/c1-16-15-12-11-14(17-15)13-21(18(2,3)4,19(5,6)7)20(8,9)10/h11-12H,13H2,1-10H3. The molecule has 6 heteroatoms. The molecular weight excluding hydrogens is 341 g/mol. The molecule has 0 saturated carbocycles. The van der Waals surface area contributed by atoms with Crippen molar-refractivity contribution in [2.75, 3.05) is 7.11 Å². The van der Waals surface area contributed by atoms with Gasteiger partial charge in [0.05, 0.1) is 7.11 Å². The van der Waals surface area contributed by atoms with Crippen LogP contribution in [0.25, 0.3) is 0 Å². The predicted octanol–water partition coefficient (Wildman–Crippen LogP) is 5.54. The molecule has 21 heavy (non-hydrogen) atoms. The van der Waals surface area contributed by atoms with Crippen LogP contribution < -0.4 is 4.74 Å². The Morgan fingerprint density at radius 3 is 1.52 bits per heavy atom. The number of hydrogen-bond acceptors (Lipinski definition) is 2. The van der Waals surface area contributed by atoms with Crippen molar-refractivity contribution in [1.82, 2.24) is 0 Å². The molecule has 0 atom stereocenters. The van der Waals surface area contributed by atoms with Gasteiger partial charge in [0.1, 0.15) is 0 Å². The first-order valence-electron chi connectivity index (χ1n) is 7.89. The normalized spacial score (nSPS) is 14.4. The zero-order chi connectivity index (χ0) is 16.7. The maximum atomic E-state index is 5.43. The Morgan fingerprint density at radius 1 is 0.810 bits per heavy atom. The Balaban J connectivity index is 3.43. The molecule has 0 unspecified atom stereocenters. The summed E-state index contributed by atoms with van der Waals surface area (Å²) in [6.45, 7) is 22.7. The maximum absolute atomic E-state index is 5.43. The first-order chi connectivity index (χ1) is 9.26. The Hall–Kier alpha value is 0.368. The number of thiophene rings is 1. The van der Waals surface area contributed by atoms with Crippen LogP contribution in [0, 0.1) is 0 Å². The van der Waals surface area contributed by atoms with Crippen LogP contribution in [0.4, 0.5) is 0 Å². The lowest BCUT2D eigenvalue weighted by atomic mass is 10.5. The second-order valence-corrected chi connectivity index (χ2v) is 51.7. The lowest BCUT2D eigenvalue weighted by molar-refractivity contribution is 0.427.